The SMILES string of the molecule is CCC1CN(C(=NC)NCC2CCCN(C)C2)CCC1c1ccccc1. The molecule has 1 N–H and O–H groups in total. The topological polar surface area (TPSA) is 30.9 Å². The van der Waals surface area contributed by atoms with E-state index in [1.54, 1.807) is 0 Å². The van der Waals surface area contributed by atoms with Crippen LogP contribution in [0, 0.1) is 11.8 Å². The van der Waals surface area contributed by atoms with Crippen molar-refractivity contribution < 1.29 is 0 Å². The molecule has 2 heterocycles. The molecule has 144 valence electrons. The molecule has 1 aromatic carbocycles. The molecule has 2 fully saturated rings. The van der Waals surface area contributed by atoms with Crippen molar-refractivity contribution >= 4 is 5.96 Å². The van der Waals surface area contributed by atoms with Gasteiger partial charge in [0, 0.05) is 33.2 Å². The molecule has 4 nitrogen and oxygen atoms in total. The van der Waals surface area contributed by atoms with Crippen LogP contribution >= 0.6 is 0 Å². The Balaban J connectivity index is 1.56. The lowest BCUT2D eigenvalue weighted by atomic mass is 9.79. The first kappa shape index (κ1) is 19.2. The van der Waals surface area contributed by atoms with Crippen molar-refractivity contribution in [3.63, 3.8) is 0 Å². The minimum absolute atomic E-state index is 0.683. The molecule has 0 aromatic heterocycles. The van der Waals surface area contributed by atoms with E-state index in [0.29, 0.717) is 11.8 Å². The third-order valence-electron chi connectivity index (χ3n) is 6.27. The largest absolute Gasteiger partial charge is 0.356 e. The van der Waals surface area contributed by atoms with E-state index in [4.69, 9.17) is 0 Å². The first-order valence-electron chi connectivity index (χ1n) is 10.4. The van der Waals surface area contributed by atoms with Crippen LogP contribution in [0.4, 0.5) is 0 Å². The molecule has 3 rings (SSSR count). The Morgan fingerprint density at radius 1 is 1.15 bits per heavy atom. The molecule has 0 saturated carbocycles. The highest BCUT2D eigenvalue weighted by Crippen LogP contribution is 2.34. The van der Waals surface area contributed by atoms with Gasteiger partial charge in [-0.3, -0.25) is 4.99 Å². The molecule has 26 heavy (non-hydrogen) atoms. The Kier molecular flexibility index (Phi) is 6.95. The van der Waals surface area contributed by atoms with Crippen molar-refractivity contribution in [3.05, 3.63) is 35.9 Å². The lowest BCUT2D eigenvalue weighted by Crippen LogP contribution is -2.50. The maximum atomic E-state index is 4.60. The number of likely N-dealkylation sites (tertiary alicyclic amines) is 2. The molecule has 3 unspecified atom stereocenters. The summed E-state index contributed by atoms with van der Waals surface area (Å²) in [5, 5.41) is 3.68. The fraction of sp³-hybridized carbons (Fsp3) is 0.682. The van der Waals surface area contributed by atoms with Gasteiger partial charge < -0.3 is 15.1 Å². The minimum Gasteiger partial charge on any atom is -0.356 e. The summed E-state index contributed by atoms with van der Waals surface area (Å²) in [5.41, 5.74) is 1.51. The Hall–Kier alpha value is -1.55. The van der Waals surface area contributed by atoms with Gasteiger partial charge in [-0.1, -0.05) is 43.7 Å². The summed E-state index contributed by atoms with van der Waals surface area (Å²) in [6.45, 7) is 8.04. The van der Waals surface area contributed by atoms with E-state index in [1.807, 2.05) is 7.05 Å². The number of hydrogen-bond acceptors (Lipinski definition) is 2. The van der Waals surface area contributed by atoms with Crippen LogP contribution in [0.2, 0.25) is 0 Å². The maximum Gasteiger partial charge on any atom is 0.193 e. The van der Waals surface area contributed by atoms with E-state index in [0.717, 1.165) is 31.5 Å². The van der Waals surface area contributed by atoms with Crippen LogP contribution in [0.5, 0.6) is 0 Å². The molecule has 3 atom stereocenters. The summed E-state index contributed by atoms with van der Waals surface area (Å²) >= 11 is 0. The van der Waals surface area contributed by atoms with Gasteiger partial charge in [-0.05, 0) is 56.2 Å². The van der Waals surface area contributed by atoms with Gasteiger partial charge in [-0.2, -0.15) is 0 Å². The van der Waals surface area contributed by atoms with E-state index < -0.39 is 0 Å². The fourth-order valence-corrected chi connectivity index (χ4v) is 4.79. The summed E-state index contributed by atoms with van der Waals surface area (Å²) in [5.74, 6) is 3.23. The molecule has 0 aliphatic carbocycles. The average molecular weight is 357 g/mol. The Labute approximate surface area is 159 Å². The second kappa shape index (κ2) is 9.40. The van der Waals surface area contributed by atoms with E-state index in [9.17, 15) is 0 Å². The number of piperidine rings is 2. The molecule has 1 aromatic rings. The molecule has 2 saturated heterocycles. The Bertz CT molecular complexity index is 571. The first-order chi connectivity index (χ1) is 12.7. The van der Waals surface area contributed by atoms with Gasteiger partial charge in [0.05, 0.1) is 0 Å². The van der Waals surface area contributed by atoms with Gasteiger partial charge in [0.1, 0.15) is 0 Å². The number of benzene rings is 1. The highest BCUT2D eigenvalue weighted by molar-refractivity contribution is 5.80. The number of aliphatic imine (C=N–C) groups is 1. The average Bonchev–Trinajstić information content (AvgIpc) is 2.69. The Morgan fingerprint density at radius 2 is 1.96 bits per heavy atom. The summed E-state index contributed by atoms with van der Waals surface area (Å²) < 4.78 is 0. The quantitative estimate of drug-likeness (QED) is 0.662. The predicted octanol–water partition coefficient (Wildman–Crippen LogP) is 3.42. The number of nitrogens with one attached hydrogen (secondary N) is 1. The van der Waals surface area contributed by atoms with Crippen LogP contribution in [0.25, 0.3) is 0 Å². The maximum absolute atomic E-state index is 4.60. The predicted molar refractivity (Wildman–Crippen MR) is 111 cm³/mol. The number of guanidine groups is 1. The zero-order chi connectivity index (χ0) is 18.4. The van der Waals surface area contributed by atoms with Crippen molar-refractivity contribution in [2.75, 3.05) is 46.8 Å². The van der Waals surface area contributed by atoms with Crippen LogP contribution in [0.1, 0.15) is 44.1 Å². The van der Waals surface area contributed by atoms with Gasteiger partial charge in [0.15, 0.2) is 5.96 Å². The van der Waals surface area contributed by atoms with Gasteiger partial charge in [0.25, 0.3) is 0 Å². The molecule has 2 aliphatic rings. The third kappa shape index (κ3) is 4.79. The smallest absolute Gasteiger partial charge is 0.193 e. The molecule has 0 amide bonds. The van der Waals surface area contributed by atoms with E-state index >= 15 is 0 Å². The molecular formula is C22H36N4. The third-order valence-corrected chi connectivity index (χ3v) is 6.27. The zero-order valence-electron chi connectivity index (χ0n) is 16.8. The monoisotopic (exact) mass is 356 g/mol. The molecule has 0 radical (unpaired) electrons. The number of nitrogens with zero attached hydrogens (tertiary/aromatic N) is 3. The first-order valence-corrected chi connectivity index (χ1v) is 10.4. The summed E-state index contributed by atoms with van der Waals surface area (Å²) in [4.78, 5) is 9.54. The van der Waals surface area contributed by atoms with Crippen molar-refractivity contribution in [1.29, 1.82) is 0 Å². The fourth-order valence-electron chi connectivity index (χ4n) is 4.79. The van der Waals surface area contributed by atoms with Crippen LogP contribution in [-0.4, -0.2) is 62.6 Å². The summed E-state index contributed by atoms with van der Waals surface area (Å²) in [6, 6.07) is 11.1. The zero-order valence-corrected chi connectivity index (χ0v) is 16.8. The van der Waals surface area contributed by atoms with Gasteiger partial charge >= 0.3 is 0 Å². The van der Waals surface area contributed by atoms with E-state index in [2.05, 4.69) is 64.4 Å². The van der Waals surface area contributed by atoms with Crippen LogP contribution in [0.15, 0.2) is 35.3 Å². The lowest BCUT2D eigenvalue weighted by Gasteiger charge is -2.40. The van der Waals surface area contributed by atoms with Crippen molar-refractivity contribution in [1.82, 2.24) is 15.1 Å². The molecule has 0 spiro atoms. The molecular weight excluding hydrogens is 320 g/mol. The number of rotatable bonds is 4. The lowest BCUT2D eigenvalue weighted by molar-refractivity contribution is 0.200. The normalized spacial score (nSPS) is 28.2. The molecule has 2 aliphatic heterocycles. The minimum atomic E-state index is 0.683. The van der Waals surface area contributed by atoms with Gasteiger partial charge in [-0.15, -0.1) is 0 Å². The van der Waals surface area contributed by atoms with E-state index in [1.165, 1.54) is 44.3 Å². The number of hydrogen-bond donors (Lipinski definition) is 1. The van der Waals surface area contributed by atoms with Crippen molar-refractivity contribution in [2.24, 2.45) is 16.8 Å². The van der Waals surface area contributed by atoms with Gasteiger partial charge in [-0.25, -0.2) is 0 Å². The standard InChI is InChI=1S/C22H36N4/c1-4-19-17-26(14-12-21(19)20-10-6-5-7-11-20)22(23-2)24-15-18-9-8-13-25(3)16-18/h5-7,10-11,18-19,21H,4,8-9,12-17H2,1-3H3,(H,23,24). The van der Waals surface area contributed by atoms with Crippen LogP contribution in [-0.2, 0) is 0 Å². The van der Waals surface area contributed by atoms with Gasteiger partial charge in [0.2, 0.25) is 0 Å². The van der Waals surface area contributed by atoms with Crippen LogP contribution < -0.4 is 5.32 Å². The highest BCUT2D eigenvalue weighted by Gasteiger charge is 2.30. The molecule has 0 bridgehead atoms. The Morgan fingerprint density at radius 3 is 2.65 bits per heavy atom. The van der Waals surface area contributed by atoms with Crippen molar-refractivity contribution in [2.45, 2.75) is 38.5 Å². The van der Waals surface area contributed by atoms with E-state index in [-0.39, 0.29) is 0 Å². The second-order valence-corrected chi connectivity index (χ2v) is 8.12. The second-order valence-electron chi connectivity index (χ2n) is 8.12. The summed E-state index contributed by atoms with van der Waals surface area (Å²) in [7, 11) is 4.17. The highest BCUT2D eigenvalue weighted by atomic mass is 15.3. The molecule has 4 heteroatoms. The van der Waals surface area contributed by atoms with Crippen molar-refractivity contribution in [3.8, 4) is 0 Å². The summed E-state index contributed by atoms with van der Waals surface area (Å²) in [6.07, 6.45) is 5.10. The van der Waals surface area contributed by atoms with Crippen LogP contribution in [0.3, 0.4) is 0 Å².